The smallest absolute Gasteiger partial charge is 0.276 e. The lowest BCUT2D eigenvalue weighted by atomic mass is 10.1. The topological polar surface area (TPSA) is 104 Å². The van der Waals surface area contributed by atoms with E-state index in [1.165, 1.54) is 25.2 Å². The third kappa shape index (κ3) is 3.09. The van der Waals surface area contributed by atoms with Crippen LogP contribution in [0, 0.1) is 0 Å². The van der Waals surface area contributed by atoms with Gasteiger partial charge in [0.2, 0.25) is 0 Å². The molecule has 0 atom stereocenters. The second kappa shape index (κ2) is 6.37. The molecule has 0 bridgehead atoms. The monoisotopic (exact) mass is 356 g/mol. The number of nitrogens with zero attached hydrogens (tertiary/aromatic N) is 2. The maximum atomic E-state index is 12.6. The van der Waals surface area contributed by atoms with Crippen LogP contribution < -0.4 is 16.0 Å². The quantitative estimate of drug-likeness (QED) is 0.759. The van der Waals surface area contributed by atoms with E-state index in [2.05, 4.69) is 10.4 Å². The molecule has 0 aliphatic carbocycles. The summed E-state index contributed by atoms with van der Waals surface area (Å²) in [4.78, 5) is 35.7. The van der Waals surface area contributed by atoms with Gasteiger partial charge in [-0.2, -0.15) is 5.10 Å². The van der Waals surface area contributed by atoms with Crippen LogP contribution in [-0.2, 0) is 7.05 Å². The highest BCUT2D eigenvalue weighted by Crippen LogP contribution is 2.24. The number of hydrogen-bond acceptors (Lipinski definition) is 5. The highest BCUT2D eigenvalue weighted by Gasteiger charge is 2.17. The van der Waals surface area contributed by atoms with Crippen LogP contribution >= 0.6 is 11.6 Å². The number of carboxylic acids is 1. The Morgan fingerprint density at radius 3 is 2.52 bits per heavy atom. The van der Waals surface area contributed by atoms with Gasteiger partial charge in [-0.1, -0.05) is 35.9 Å². The van der Waals surface area contributed by atoms with Crippen molar-refractivity contribution in [2.45, 2.75) is 0 Å². The molecule has 0 saturated carbocycles. The normalized spacial score (nSPS) is 10.6. The van der Waals surface area contributed by atoms with E-state index in [0.717, 1.165) is 4.68 Å². The van der Waals surface area contributed by atoms with Gasteiger partial charge in [-0.15, -0.1) is 0 Å². The van der Waals surface area contributed by atoms with Crippen molar-refractivity contribution < 1.29 is 14.7 Å². The Hall–Kier alpha value is -3.19. The van der Waals surface area contributed by atoms with Crippen LogP contribution in [0.25, 0.3) is 10.8 Å². The summed E-state index contributed by atoms with van der Waals surface area (Å²) < 4.78 is 1.07. The van der Waals surface area contributed by atoms with Crippen LogP contribution in [0.4, 0.5) is 5.69 Å². The van der Waals surface area contributed by atoms with Gasteiger partial charge < -0.3 is 15.2 Å². The summed E-state index contributed by atoms with van der Waals surface area (Å²) in [5.74, 6) is -2.01. The number of amides is 1. The standard InChI is InChI=1S/C17H12ClN3O4/c1-21-16(23)11-5-3-2-4-10(11)14(20-21)15(22)19-13-8-9(17(24)25)6-7-12(13)18/h2-8H,1H3,(H,19,22)(H,24,25)/p-1. The summed E-state index contributed by atoms with van der Waals surface area (Å²) in [7, 11) is 1.44. The molecule has 0 unspecified atom stereocenters. The first-order chi connectivity index (χ1) is 11.9. The Morgan fingerprint density at radius 2 is 1.84 bits per heavy atom. The third-order valence-corrected chi connectivity index (χ3v) is 3.95. The van der Waals surface area contributed by atoms with E-state index in [1.54, 1.807) is 24.3 Å². The summed E-state index contributed by atoms with van der Waals surface area (Å²) >= 11 is 6.00. The molecule has 3 aromatic rings. The zero-order valence-electron chi connectivity index (χ0n) is 12.9. The molecule has 0 aliphatic heterocycles. The maximum absolute atomic E-state index is 12.6. The molecule has 0 spiro atoms. The first-order valence-corrected chi connectivity index (χ1v) is 7.54. The van der Waals surface area contributed by atoms with Crippen molar-refractivity contribution in [1.82, 2.24) is 9.78 Å². The van der Waals surface area contributed by atoms with Gasteiger partial charge in [-0.05, 0) is 23.8 Å². The molecule has 7 nitrogen and oxygen atoms in total. The molecule has 1 N–H and O–H groups in total. The fraction of sp³-hybridized carbons (Fsp3) is 0.0588. The Kier molecular flexibility index (Phi) is 4.24. The van der Waals surface area contributed by atoms with E-state index >= 15 is 0 Å². The van der Waals surface area contributed by atoms with Crippen molar-refractivity contribution in [3.05, 3.63) is 69.1 Å². The zero-order valence-corrected chi connectivity index (χ0v) is 13.7. The SMILES string of the molecule is Cn1nc(C(=O)Nc2cc(C(=O)[O-])ccc2Cl)c2ccccc2c1=O. The summed E-state index contributed by atoms with van der Waals surface area (Å²) in [5.41, 5.74) is -0.331. The average Bonchev–Trinajstić information content (AvgIpc) is 2.59. The third-order valence-electron chi connectivity index (χ3n) is 3.62. The van der Waals surface area contributed by atoms with Gasteiger partial charge in [0.15, 0.2) is 5.69 Å². The molecule has 126 valence electrons. The van der Waals surface area contributed by atoms with Crippen LogP contribution in [0.3, 0.4) is 0 Å². The fourth-order valence-electron chi connectivity index (χ4n) is 2.40. The Bertz CT molecular complexity index is 1080. The molecule has 1 heterocycles. The number of anilines is 1. The Balaban J connectivity index is 2.07. The number of nitrogens with one attached hydrogen (secondary N) is 1. The lowest BCUT2D eigenvalue weighted by molar-refractivity contribution is -0.255. The molecule has 0 radical (unpaired) electrons. The molecule has 1 aromatic heterocycles. The molecule has 0 aliphatic rings. The molecule has 1 amide bonds. The molecule has 0 fully saturated rings. The van der Waals surface area contributed by atoms with Crippen molar-refractivity contribution in [2.75, 3.05) is 5.32 Å². The number of fused-ring (bicyclic) bond motifs is 1. The van der Waals surface area contributed by atoms with E-state index in [4.69, 9.17) is 11.6 Å². The zero-order chi connectivity index (χ0) is 18.1. The summed E-state index contributed by atoms with van der Waals surface area (Å²) in [6.07, 6.45) is 0. The van der Waals surface area contributed by atoms with Crippen LogP contribution in [0.15, 0.2) is 47.3 Å². The van der Waals surface area contributed by atoms with Gasteiger partial charge in [0.25, 0.3) is 11.5 Å². The van der Waals surface area contributed by atoms with E-state index in [9.17, 15) is 19.5 Å². The average molecular weight is 357 g/mol. The molecule has 25 heavy (non-hydrogen) atoms. The minimum absolute atomic E-state index is 0.0209. The van der Waals surface area contributed by atoms with Gasteiger partial charge in [-0.3, -0.25) is 9.59 Å². The summed E-state index contributed by atoms with van der Waals surface area (Å²) in [6.45, 7) is 0. The highest BCUT2D eigenvalue weighted by molar-refractivity contribution is 6.34. The van der Waals surface area contributed by atoms with Crippen molar-refractivity contribution in [3.63, 3.8) is 0 Å². The Labute approximate surface area is 146 Å². The van der Waals surface area contributed by atoms with E-state index < -0.39 is 11.9 Å². The lowest BCUT2D eigenvalue weighted by Crippen LogP contribution is -2.26. The number of rotatable bonds is 3. The minimum Gasteiger partial charge on any atom is -0.545 e. The summed E-state index contributed by atoms with van der Waals surface area (Å²) in [5, 5.41) is 18.4. The van der Waals surface area contributed by atoms with Gasteiger partial charge in [0.1, 0.15) is 0 Å². The largest absolute Gasteiger partial charge is 0.545 e. The number of aromatic carboxylic acids is 1. The van der Waals surface area contributed by atoms with Crippen LogP contribution in [0.1, 0.15) is 20.8 Å². The van der Waals surface area contributed by atoms with Crippen LogP contribution in [0.2, 0.25) is 5.02 Å². The molecule has 2 aromatic carbocycles. The van der Waals surface area contributed by atoms with Crippen molar-refractivity contribution >= 4 is 39.9 Å². The number of aromatic nitrogens is 2. The summed E-state index contributed by atoms with van der Waals surface area (Å²) in [6, 6.07) is 10.4. The molecular formula is C17H11ClN3O4-. The second-order valence-electron chi connectivity index (χ2n) is 5.26. The molecular weight excluding hydrogens is 346 g/mol. The van der Waals surface area contributed by atoms with E-state index in [-0.39, 0.29) is 27.5 Å². The van der Waals surface area contributed by atoms with Gasteiger partial charge in [0, 0.05) is 12.4 Å². The molecule has 3 rings (SSSR count). The van der Waals surface area contributed by atoms with E-state index in [0.29, 0.717) is 10.8 Å². The van der Waals surface area contributed by atoms with Crippen molar-refractivity contribution in [2.24, 2.45) is 7.05 Å². The van der Waals surface area contributed by atoms with Gasteiger partial charge in [0.05, 0.1) is 22.1 Å². The number of hydrogen-bond donors (Lipinski definition) is 1. The van der Waals surface area contributed by atoms with Crippen molar-refractivity contribution in [3.8, 4) is 0 Å². The molecule has 0 saturated heterocycles. The lowest BCUT2D eigenvalue weighted by Gasteiger charge is -2.11. The minimum atomic E-state index is -1.39. The predicted molar refractivity (Wildman–Crippen MR) is 90.7 cm³/mol. The maximum Gasteiger partial charge on any atom is 0.276 e. The molecule has 8 heteroatoms. The van der Waals surface area contributed by atoms with E-state index in [1.807, 2.05) is 0 Å². The number of halogens is 1. The number of benzene rings is 2. The fourth-order valence-corrected chi connectivity index (χ4v) is 2.56. The van der Waals surface area contributed by atoms with Gasteiger partial charge in [-0.25, -0.2) is 4.68 Å². The van der Waals surface area contributed by atoms with Crippen molar-refractivity contribution in [1.29, 1.82) is 0 Å². The second-order valence-corrected chi connectivity index (χ2v) is 5.67. The Morgan fingerprint density at radius 1 is 1.16 bits per heavy atom. The van der Waals surface area contributed by atoms with Gasteiger partial charge >= 0.3 is 0 Å². The number of carbonyl (C=O) groups excluding carboxylic acids is 2. The first-order valence-electron chi connectivity index (χ1n) is 7.17. The predicted octanol–water partition coefficient (Wildman–Crippen LogP) is 1.20. The van der Waals surface area contributed by atoms with Crippen LogP contribution in [-0.4, -0.2) is 21.7 Å². The number of carbonyl (C=O) groups is 2. The highest BCUT2D eigenvalue weighted by atomic mass is 35.5. The number of aryl methyl sites for hydroxylation is 1. The van der Waals surface area contributed by atoms with Crippen LogP contribution in [0.5, 0.6) is 0 Å². The first kappa shape index (κ1) is 16.7. The number of carboxylic acid groups (broad SMARTS) is 1.